The van der Waals surface area contributed by atoms with Crippen LogP contribution in [0.1, 0.15) is 21.5 Å². The highest BCUT2D eigenvalue weighted by molar-refractivity contribution is 6.10. The van der Waals surface area contributed by atoms with Crippen molar-refractivity contribution in [3.05, 3.63) is 63.2 Å². The fraction of sp³-hybridized carbons (Fsp3) is 0.182. The van der Waals surface area contributed by atoms with Crippen LogP contribution in [-0.4, -0.2) is 52.1 Å². The summed E-state index contributed by atoms with van der Waals surface area (Å²) >= 11 is 0. The minimum absolute atomic E-state index is 0.141. The maximum atomic E-state index is 14.3. The molecule has 0 unspecified atom stereocenters. The van der Waals surface area contributed by atoms with Crippen molar-refractivity contribution in [2.45, 2.75) is 12.1 Å². The van der Waals surface area contributed by atoms with Crippen molar-refractivity contribution in [3.63, 3.8) is 0 Å². The van der Waals surface area contributed by atoms with E-state index in [-0.39, 0.29) is 35.5 Å². The lowest BCUT2D eigenvalue weighted by Gasteiger charge is -2.26. The molecule has 0 aliphatic carbocycles. The van der Waals surface area contributed by atoms with Gasteiger partial charge in [-0.25, -0.2) is 9.18 Å². The van der Waals surface area contributed by atoms with Crippen LogP contribution in [0.2, 0.25) is 0 Å². The summed E-state index contributed by atoms with van der Waals surface area (Å²) in [6.07, 6.45) is 0. The lowest BCUT2D eigenvalue weighted by Crippen LogP contribution is -2.54. The van der Waals surface area contributed by atoms with E-state index in [1.54, 1.807) is 18.2 Å². The maximum absolute atomic E-state index is 14.3. The number of methoxy groups -OCH3 is 1. The fourth-order valence-electron chi connectivity index (χ4n) is 3.99. The number of aromatic amines is 2. The summed E-state index contributed by atoms with van der Waals surface area (Å²) in [5, 5.41) is 9.33. The molecule has 10 nitrogen and oxygen atoms in total. The molecular weight excluding hydrogens is 433 g/mol. The summed E-state index contributed by atoms with van der Waals surface area (Å²) in [6, 6.07) is 6.84. The molecule has 1 fully saturated rings. The Balaban J connectivity index is 1.50. The Kier molecular flexibility index (Phi) is 4.45. The van der Waals surface area contributed by atoms with Crippen LogP contribution >= 0.6 is 0 Å². The van der Waals surface area contributed by atoms with E-state index < -0.39 is 28.9 Å². The first-order chi connectivity index (χ1) is 15.8. The zero-order valence-corrected chi connectivity index (χ0v) is 17.2. The van der Waals surface area contributed by atoms with Gasteiger partial charge in [0.05, 0.1) is 19.2 Å². The van der Waals surface area contributed by atoms with Crippen molar-refractivity contribution in [2.75, 3.05) is 13.7 Å². The lowest BCUT2D eigenvalue weighted by atomic mass is 9.99. The third-order valence-electron chi connectivity index (χ3n) is 5.61. The molecular formula is C22H16FN5O5. The van der Waals surface area contributed by atoms with Gasteiger partial charge < -0.3 is 15.0 Å². The Bertz CT molecular complexity index is 1480. The molecule has 3 heterocycles. The van der Waals surface area contributed by atoms with Crippen molar-refractivity contribution in [1.29, 1.82) is 0 Å². The fourth-order valence-corrected chi connectivity index (χ4v) is 3.99. The molecule has 0 radical (unpaired) electrons. The van der Waals surface area contributed by atoms with Gasteiger partial charge in [0.25, 0.3) is 17.4 Å². The topological polar surface area (TPSA) is 136 Å². The van der Waals surface area contributed by atoms with E-state index >= 15 is 0 Å². The van der Waals surface area contributed by atoms with Crippen LogP contribution in [0.5, 0.6) is 5.75 Å². The van der Waals surface area contributed by atoms with E-state index in [2.05, 4.69) is 32.7 Å². The number of amides is 4. The Hall–Kier alpha value is -4.59. The van der Waals surface area contributed by atoms with E-state index in [4.69, 9.17) is 4.74 Å². The minimum Gasteiger partial charge on any atom is -0.497 e. The second-order valence-corrected chi connectivity index (χ2v) is 7.71. The highest BCUT2D eigenvalue weighted by Gasteiger charge is 2.48. The highest BCUT2D eigenvalue weighted by atomic mass is 19.1. The summed E-state index contributed by atoms with van der Waals surface area (Å²) in [7, 11) is 1.49. The molecule has 2 aliphatic heterocycles. The quantitative estimate of drug-likeness (QED) is 0.343. The van der Waals surface area contributed by atoms with Crippen molar-refractivity contribution in [2.24, 2.45) is 0 Å². The molecule has 4 amide bonds. The maximum Gasteiger partial charge on any atom is 0.323 e. The largest absolute Gasteiger partial charge is 0.497 e. The number of hydrogen-bond acceptors (Lipinski definition) is 5. The van der Waals surface area contributed by atoms with Crippen LogP contribution in [0, 0.1) is 17.7 Å². The summed E-state index contributed by atoms with van der Waals surface area (Å²) in [5.74, 6) is 4.07. The molecule has 1 aromatic heterocycles. The molecule has 5 rings (SSSR count). The Morgan fingerprint density at radius 2 is 1.97 bits per heavy atom. The second-order valence-electron chi connectivity index (χ2n) is 7.71. The lowest BCUT2D eigenvalue weighted by molar-refractivity contribution is -0.122. The standard InChI is InChI=1S/C22H16FN5O5/c1-33-13-3-2-12-9-28(19(30)14(12)8-13)10-22(20(31)24-21(32)25-22)5-4-11-6-15(23)17-16(7-11)26-27-18(17)29/h2-3,6-8H,9-10H2,1H3,(H2,26,27,29)(H2,24,25,31,32)/t22-/m1/s1. The predicted molar refractivity (Wildman–Crippen MR) is 113 cm³/mol. The third-order valence-corrected chi connectivity index (χ3v) is 5.61. The van der Waals surface area contributed by atoms with Crippen LogP contribution < -0.4 is 20.9 Å². The molecule has 33 heavy (non-hydrogen) atoms. The third kappa shape index (κ3) is 3.28. The molecule has 166 valence electrons. The predicted octanol–water partition coefficient (Wildman–Crippen LogP) is 0.590. The van der Waals surface area contributed by atoms with Gasteiger partial charge in [0.1, 0.15) is 17.0 Å². The van der Waals surface area contributed by atoms with E-state index in [9.17, 15) is 23.6 Å². The van der Waals surface area contributed by atoms with E-state index in [0.29, 0.717) is 11.3 Å². The zero-order chi connectivity index (χ0) is 23.3. The van der Waals surface area contributed by atoms with Crippen molar-refractivity contribution >= 4 is 28.7 Å². The van der Waals surface area contributed by atoms with Gasteiger partial charge in [0.15, 0.2) is 0 Å². The van der Waals surface area contributed by atoms with E-state index in [0.717, 1.165) is 11.6 Å². The summed E-state index contributed by atoms with van der Waals surface area (Å²) in [4.78, 5) is 50.6. The number of nitrogens with zero attached hydrogens (tertiary/aromatic N) is 1. The number of urea groups is 1. The van der Waals surface area contributed by atoms with Crippen LogP contribution in [0.15, 0.2) is 35.1 Å². The number of rotatable bonds is 3. The van der Waals surface area contributed by atoms with Gasteiger partial charge in [-0.3, -0.25) is 29.9 Å². The molecule has 11 heteroatoms. The van der Waals surface area contributed by atoms with Crippen molar-refractivity contribution < 1.29 is 23.5 Å². The van der Waals surface area contributed by atoms with Crippen molar-refractivity contribution in [3.8, 4) is 17.6 Å². The number of fused-ring (bicyclic) bond motifs is 2. The molecule has 1 atom stereocenters. The normalized spacial score (nSPS) is 19.2. The number of H-pyrrole nitrogens is 2. The van der Waals surface area contributed by atoms with Gasteiger partial charge in [0.2, 0.25) is 5.54 Å². The molecule has 0 bridgehead atoms. The van der Waals surface area contributed by atoms with Gasteiger partial charge in [-0.05, 0) is 29.8 Å². The van der Waals surface area contributed by atoms with Crippen molar-refractivity contribution in [1.82, 2.24) is 25.7 Å². The average molecular weight is 449 g/mol. The number of ether oxygens (including phenoxy) is 1. The van der Waals surface area contributed by atoms with Gasteiger partial charge in [-0.1, -0.05) is 17.9 Å². The first kappa shape index (κ1) is 20.3. The summed E-state index contributed by atoms with van der Waals surface area (Å²) in [6.45, 7) is -0.00493. The monoisotopic (exact) mass is 449 g/mol. The number of imide groups is 1. The smallest absolute Gasteiger partial charge is 0.323 e. The molecule has 0 spiro atoms. The molecule has 3 aromatic rings. The number of carbonyl (C=O) groups is 3. The van der Waals surface area contributed by atoms with Gasteiger partial charge in [-0.2, -0.15) is 0 Å². The Morgan fingerprint density at radius 1 is 1.15 bits per heavy atom. The number of benzene rings is 2. The molecule has 4 N–H and O–H groups in total. The van der Waals surface area contributed by atoms with Crippen LogP contribution in [0.3, 0.4) is 0 Å². The second kappa shape index (κ2) is 7.23. The number of hydrogen-bond donors (Lipinski definition) is 4. The molecule has 1 saturated heterocycles. The number of aromatic nitrogens is 2. The molecule has 0 saturated carbocycles. The summed E-state index contributed by atoms with van der Waals surface area (Å²) < 4.78 is 19.5. The Morgan fingerprint density at radius 3 is 2.70 bits per heavy atom. The van der Waals surface area contributed by atoms with E-state index in [1.807, 2.05) is 0 Å². The number of nitrogens with one attached hydrogen (secondary N) is 4. The van der Waals surface area contributed by atoms with Gasteiger partial charge in [-0.15, -0.1) is 0 Å². The highest BCUT2D eigenvalue weighted by Crippen LogP contribution is 2.28. The Labute approximate surface area is 185 Å². The van der Waals surface area contributed by atoms with Crippen LogP contribution in [0.25, 0.3) is 10.9 Å². The van der Waals surface area contributed by atoms with E-state index in [1.165, 1.54) is 18.1 Å². The first-order valence-electron chi connectivity index (χ1n) is 9.82. The molecule has 2 aliphatic rings. The summed E-state index contributed by atoms with van der Waals surface area (Å²) in [5.41, 5.74) is -0.786. The SMILES string of the molecule is COc1ccc2c(c1)C(=O)N(C[C@@]1(C#Cc3cc(F)c4c(=O)[nH][nH]c4c3)NC(=O)NC1=O)C2. The zero-order valence-electron chi connectivity index (χ0n) is 17.2. The van der Waals surface area contributed by atoms with Crippen LogP contribution in [-0.2, 0) is 11.3 Å². The first-order valence-corrected chi connectivity index (χ1v) is 9.82. The van der Waals surface area contributed by atoms with Gasteiger partial charge in [0, 0.05) is 17.7 Å². The number of carbonyl (C=O) groups excluding carboxylic acids is 3. The van der Waals surface area contributed by atoms with Gasteiger partial charge >= 0.3 is 6.03 Å². The van der Waals surface area contributed by atoms with Crippen LogP contribution in [0.4, 0.5) is 9.18 Å². The average Bonchev–Trinajstić information content (AvgIpc) is 3.40. The number of halogens is 1. The molecule has 2 aromatic carbocycles. The minimum atomic E-state index is -1.74.